The number of ether oxygens (including phenoxy) is 1. The van der Waals surface area contributed by atoms with E-state index in [-0.39, 0.29) is 17.9 Å². The van der Waals surface area contributed by atoms with Crippen LogP contribution in [0.5, 0.6) is 5.75 Å². The molecule has 2 aromatic rings. The second kappa shape index (κ2) is 5.92. The molecule has 2 rings (SSSR count). The summed E-state index contributed by atoms with van der Waals surface area (Å²) in [5.41, 5.74) is 0.751. The molecule has 0 radical (unpaired) electrons. The number of aromatic carboxylic acids is 1. The first-order valence-corrected chi connectivity index (χ1v) is 5.83. The maximum absolute atomic E-state index is 11.8. The van der Waals surface area contributed by atoms with E-state index in [9.17, 15) is 9.59 Å². The minimum atomic E-state index is -1.14. The Hall–Kier alpha value is -2.76. The lowest BCUT2D eigenvalue weighted by atomic mass is 10.2. The van der Waals surface area contributed by atoms with Crippen LogP contribution in [0.15, 0.2) is 41.0 Å². The van der Waals surface area contributed by atoms with E-state index in [4.69, 9.17) is 14.3 Å². The first kappa shape index (κ1) is 13.7. The van der Waals surface area contributed by atoms with Gasteiger partial charge in [-0.15, -0.1) is 0 Å². The van der Waals surface area contributed by atoms with E-state index in [1.165, 1.54) is 6.07 Å². The molecule has 1 aromatic heterocycles. The van der Waals surface area contributed by atoms with E-state index in [1.54, 1.807) is 13.2 Å². The number of para-hydroxylation sites is 1. The van der Waals surface area contributed by atoms with Crippen molar-refractivity contribution in [2.45, 2.75) is 6.54 Å². The molecule has 0 fully saturated rings. The molecule has 0 aliphatic rings. The van der Waals surface area contributed by atoms with Gasteiger partial charge in [-0.25, -0.2) is 4.79 Å². The third kappa shape index (κ3) is 2.97. The number of benzene rings is 1. The topological polar surface area (TPSA) is 88.8 Å². The van der Waals surface area contributed by atoms with E-state index < -0.39 is 11.9 Å². The van der Waals surface area contributed by atoms with Crippen molar-refractivity contribution in [3.63, 3.8) is 0 Å². The van der Waals surface area contributed by atoms with Gasteiger partial charge in [-0.3, -0.25) is 4.79 Å². The Kier molecular flexibility index (Phi) is 4.05. The van der Waals surface area contributed by atoms with Gasteiger partial charge in [0.1, 0.15) is 12.0 Å². The molecule has 0 saturated carbocycles. The van der Waals surface area contributed by atoms with Crippen LogP contribution in [0, 0.1) is 0 Å². The summed E-state index contributed by atoms with van der Waals surface area (Å²) < 4.78 is 10.1. The number of carbonyl (C=O) groups is 2. The minimum absolute atomic E-state index is 0.0442. The van der Waals surface area contributed by atoms with Crippen LogP contribution in [0.1, 0.15) is 26.5 Å². The quantitative estimate of drug-likeness (QED) is 0.870. The first-order chi connectivity index (χ1) is 9.61. The lowest BCUT2D eigenvalue weighted by molar-refractivity contribution is 0.0696. The molecule has 0 aliphatic heterocycles. The minimum Gasteiger partial charge on any atom is -0.496 e. The molecule has 0 bridgehead atoms. The van der Waals surface area contributed by atoms with Crippen molar-refractivity contribution in [2.24, 2.45) is 0 Å². The highest BCUT2D eigenvalue weighted by atomic mass is 16.5. The van der Waals surface area contributed by atoms with Crippen LogP contribution in [0.2, 0.25) is 0 Å². The summed E-state index contributed by atoms with van der Waals surface area (Å²) in [6, 6.07) is 8.45. The molecule has 0 aliphatic carbocycles. The van der Waals surface area contributed by atoms with Gasteiger partial charge >= 0.3 is 5.97 Å². The van der Waals surface area contributed by atoms with Crippen molar-refractivity contribution in [2.75, 3.05) is 7.11 Å². The van der Waals surface area contributed by atoms with Crippen molar-refractivity contribution >= 4 is 11.9 Å². The Morgan fingerprint density at radius 2 is 2.10 bits per heavy atom. The summed E-state index contributed by atoms with van der Waals surface area (Å²) >= 11 is 0. The monoisotopic (exact) mass is 275 g/mol. The number of nitrogens with one attached hydrogen (secondary N) is 1. The van der Waals surface area contributed by atoms with Crippen molar-refractivity contribution in [3.05, 3.63) is 53.5 Å². The van der Waals surface area contributed by atoms with Gasteiger partial charge in [0.25, 0.3) is 5.91 Å². The Labute approximate surface area is 115 Å². The van der Waals surface area contributed by atoms with Crippen LogP contribution in [0.3, 0.4) is 0 Å². The molecule has 1 amide bonds. The Morgan fingerprint density at radius 1 is 1.35 bits per heavy atom. The number of carboxylic acid groups (broad SMARTS) is 1. The average Bonchev–Trinajstić information content (AvgIpc) is 2.95. The lowest BCUT2D eigenvalue weighted by Crippen LogP contribution is -2.22. The number of rotatable bonds is 5. The second-order valence-corrected chi connectivity index (χ2v) is 4.00. The Morgan fingerprint density at radius 3 is 2.75 bits per heavy atom. The van der Waals surface area contributed by atoms with Gasteiger partial charge in [-0.1, -0.05) is 18.2 Å². The SMILES string of the molecule is COc1ccccc1CNC(=O)c1cc(C(=O)O)co1. The zero-order valence-electron chi connectivity index (χ0n) is 10.8. The molecule has 20 heavy (non-hydrogen) atoms. The number of hydrogen-bond donors (Lipinski definition) is 2. The Bertz CT molecular complexity index is 632. The molecule has 6 nitrogen and oxygen atoms in total. The summed E-state index contributed by atoms with van der Waals surface area (Å²) in [5.74, 6) is -1.00. The van der Waals surface area contributed by atoms with Crippen LogP contribution in [-0.2, 0) is 6.54 Å². The highest BCUT2D eigenvalue weighted by Crippen LogP contribution is 2.17. The predicted octanol–water partition coefficient (Wildman–Crippen LogP) is 1.92. The molecule has 0 spiro atoms. The average molecular weight is 275 g/mol. The zero-order valence-corrected chi connectivity index (χ0v) is 10.8. The fraction of sp³-hybridized carbons (Fsp3) is 0.143. The molecule has 0 unspecified atom stereocenters. The van der Waals surface area contributed by atoms with Crippen LogP contribution in [0.4, 0.5) is 0 Å². The normalized spacial score (nSPS) is 10.1. The van der Waals surface area contributed by atoms with Gasteiger partial charge in [-0.2, -0.15) is 0 Å². The molecular weight excluding hydrogens is 262 g/mol. The zero-order chi connectivity index (χ0) is 14.5. The van der Waals surface area contributed by atoms with Gasteiger partial charge in [0.15, 0.2) is 5.76 Å². The number of furan rings is 1. The van der Waals surface area contributed by atoms with Crippen LogP contribution in [0.25, 0.3) is 0 Å². The number of methoxy groups -OCH3 is 1. The molecule has 104 valence electrons. The maximum Gasteiger partial charge on any atom is 0.338 e. The molecule has 6 heteroatoms. The lowest BCUT2D eigenvalue weighted by Gasteiger charge is -2.08. The second-order valence-electron chi connectivity index (χ2n) is 4.00. The molecule has 1 aromatic carbocycles. The predicted molar refractivity (Wildman–Crippen MR) is 69.8 cm³/mol. The van der Waals surface area contributed by atoms with E-state index in [1.807, 2.05) is 18.2 Å². The molecular formula is C14H13NO5. The van der Waals surface area contributed by atoms with E-state index >= 15 is 0 Å². The largest absolute Gasteiger partial charge is 0.496 e. The molecule has 0 atom stereocenters. The highest BCUT2D eigenvalue weighted by Gasteiger charge is 2.14. The van der Waals surface area contributed by atoms with Gasteiger partial charge < -0.3 is 19.6 Å². The maximum atomic E-state index is 11.8. The highest BCUT2D eigenvalue weighted by molar-refractivity contribution is 5.95. The van der Waals surface area contributed by atoms with Gasteiger partial charge in [0.2, 0.25) is 0 Å². The summed E-state index contributed by atoms with van der Waals surface area (Å²) in [6.07, 6.45) is 1.03. The fourth-order valence-corrected chi connectivity index (χ4v) is 1.68. The summed E-state index contributed by atoms with van der Waals surface area (Å²) in [6.45, 7) is 0.256. The molecule has 2 N–H and O–H groups in total. The fourth-order valence-electron chi connectivity index (χ4n) is 1.68. The molecule has 0 saturated heterocycles. The Balaban J connectivity index is 2.03. The third-order valence-electron chi connectivity index (χ3n) is 2.70. The number of carboxylic acids is 1. The van der Waals surface area contributed by atoms with Crippen LogP contribution >= 0.6 is 0 Å². The summed E-state index contributed by atoms with van der Waals surface area (Å²) in [5, 5.41) is 11.4. The van der Waals surface area contributed by atoms with Gasteiger partial charge in [-0.05, 0) is 6.07 Å². The van der Waals surface area contributed by atoms with Gasteiger partial charge in [0, 0.05) is 18.2 Å². The third-order valence-corrected chi connectivity index (χ3v) is 2.70. The van der Waals surface area contributed by atoms with Crippen molar-refractivity contribution < 1.29 is 23.8 Å². The standard InChI is InChI=1S/C14H13NO5/c1-19-11-5-3-2-4-9(11)7-15-13(16)12-6-10(8-20-12)14(17)18/h2-6,8H,7H2,1H3,(H,15,16)(H,17,18). The van der Waals surface area contributed by atoms with Crippen LogP contribution < -0.4 is 10.1 Å². The number of carbonyl (C=O) groups excluding carboxylic acids is 1. The summed E-state index contributed by atoms with van der Waals surface area (Å²) in [4.78, 5) is 22.5. The van der Waals surface area contributed by atoms with Gasteiger partial charge in [0.05, 0.1) is 12.7 Å². The number of hydrogen-bond acceptors (Lipinski definition) is 4. The van der Waals surface area contributed by atoms with Crippen molar-refractivity contribution in [3.8, 4) is 5.75 Å². The van der Waals surface area contributed by atoms with E-state index in [0.29, 0.717) is 5.75 Å². The smallest absolute Gasteiger partial charge is 0.338 e. The van der Waals surface area contributed by atoms with E-state index in [2.05, 4.69) is 5.32 Å². The van der Waals surface area contributed by atoms with E-state index in [0.717, 1.165) is 11.8 Å². The molecule has 1 heterocycles. The summed E-state index contributed by atoms with van der Waals surface area (Å²) in [7, 11) is 1.55. The first-order valence-electron chi connectivity index (χ1n) is 5.83. The van der Waals surface area contributed by atoms with Crippen LogP contribution in [-0.4, -0.2) is 24.1 Å². The number of amides is 1. The van der Waals surface area contributed by atoms with Crippen molar-refractivity contribution in [1.29, 1.82) is 0 Å². The van der Waals surface area contributed by atoms with Crippen molar-refractivity contribution in [1.82, 2.24) is 5.32 Å².